The zero-order chi connectivity index (χ0) is 20.1. The summed E-state index contributed by atoms with van der Waals surface area (Å²) in [7, 11) is 0. The molecule has 5 nitrogen and oxygen atoms in total. The summed E-state index contributed by atoms with van der Waals surface area (Å²) in [5.74, 6) is 0.832. The molecule has 146 valence electrons. The van der Waals surface area contributed by atoms with Gasteiger partial charge in [-0.1, -0.05) is 60.3 Å². The quantitative estimate of drug-likeness (QED) is 0.597. The van der Waals surface area contributed by atoms with Crippen molar-refractivity contribution in [2.24, 2.45) is 0 Å². The number of anilines is 1. The van der Waals surface area contributed by atoms with E-state index in [2.05, 4.69) is 32.2 Å². The molecule has 0 unspecified atom stereocenters. The Labute approximate surface area is 170 Å². The number of nitrogens with zero attached hydrogens (tertiary/aromatic N) is 3. The van der Waals surface area contributed by atoms with Gasteiger partial charge in [-0.15, -0.1) is 10.2 Å². The van der Waals surface area contributed by atoms with Crippen molar-refractivity contribution in [1.29, 1.82) is 0 Å². The standard InChI is InChI=1S/C22H26N4OS/c1-15-9-8-10-16(2)20(15)23-21(27)17(3)28-22-25-24-18(4)26(22)14-13-19-11-6-5-7-12-19/h5-12,17H,13-14H2,1-4H3,(H,23,27)/t17-/m0/s1. The first-order valence-corrected chi connectivity index (χ1v) is 10.3. The minimum absolute atomic E-state index is 0.0299. The van der Waals surface area contributed by atoms with Gasteiger partial charge >= 0.3 is 0 Å². The van der Waals surface area contributed by atoms with Gasteiger partial charge in [-0.05, 0) is 50.8 Å². The van der Waals surface area contributed by atoms with Crippen LogP contribution in [0.25, 0.3) is 0 Å². The van der Waals surface area contributed by atoms with Gasteiger partial charge in [-0.2, -0.15) is 0 Å². The van der Waals surface area contributed by atoms with E-state index in [1.54, 1.807) is 0 Å². The van der Waals surface area contributed by atoms with E-state index < -0.39 is 0 Å². The number of carbonyl (C=O) groups is 1. The molecule has 0 saturated carbocycles. The van der Waals surface area contributed by atoms with Gasteiger partial charge in [0.15, 0.2) is 5.16 Å². The van der Waals surface area contributed by atoms with E-state index in [-0.39, 0.29) is 11.2 Å². The summed E-state index contributed by atoms with van der Waals surface area (Å²) in [5.41, 5.74) is 4.29. The number of hydrogen-bond acceptors (Lipinski definition) is 4. The minimum Gasteiger partial charge on any atom is -0.325 e. The molecule has 0 aliphatic heterocycles. The molecule has 0 aliphatic carbocycles. The summed E-state index contributed by atoms with van der Waals surface area (Å²) in [4.78, 5) is 12.7. The summed E-state index contributed by atoms with van der Waals surface area (Å²) in [6.07, 6.45) is 0.899. The maximum absolute atomic E-state index is 12.7. The van der Waals surface area contributed by atoms with Crippen LogP contribution in [0, 0.1) is 20.8 Å². The number of carbonyl (C=O) groups excluding carboxylic acids is 1. The maximum atomic E-state index is 12.7. The van der Waals surface area contributed by atoms with Crippen LogP contribution >= 0.6 is 11.8 Å². The molecule has 2 aromatic carbocycles. The number of para-hydroxylation sites is 1. The molecule has 1 heterocycles. The topological polar surface area (TPSA) is 59.8 Å². The Morgan fingerprint density at radius 3 is 2.39 bits per heavy atom. The second-order valence-electron chi connectivity index (χ2n) is 6.93. The normalized spacial score (nSPS) is 12.0. The van der Waals surface area contributed by atoms with Crippen molar-refractivity contribution >= 4 is 23.4 Å². The molecule has 0 bridgehead atoms. The lowest BCUT2D eigenvalue weighted by Crippen LogP contribution is -2.24. The molecule has 3 aromatic rings. The lowest BCUT2D eigenvalue weighted by molar-refractivity contribution is -0.115. The second kappa shape index (κ2) is 9.06. The first-order valence-electron chi connectivity index (χ1n) is 9.43. The lowest BCUT2D eigenvalue weighted by atomic mass is 10.1. The molecule has 0 radical (unpaired) electrons. The van der Waals surface area contributed by atoms with Gasteiger partial charge < -0.3 is 9.88 Å². The van der Waals surface area contributed by atoms with Crippen molar-refractivity contribution in [3.63, 3.8) is 0 Å². The third-order valence-corrected chi connectivity index (χ3v) is 5.83. The van der Waals surface area contributed by atoms with Crippen LogP contribution in [-0.4, -0.2) is 25.9 Å². The Morgan fingerprint density at radius 2 is 1.71 bits per heavy atom. The van der Waals surface area contributed by atoms with E-state index in [0.29, 0.717) is 0 Å². The Balaban J connectivity index is 1.67. The minimum atomic E-state index is -0.280. The summed E-state index contributed by atoms with van der Waals surface area (Å²) in [6, 6.07) is 16.4. The fourth-order valence-electron chi connectivity index (χ4n) is 3.04. The smallest absolute Gasteiger partial charge is 0.237 e. The average Bonchev–Trinajstić information content (AvgIpc) is 3.03. The fraction of sp³-hybridized carbons (Fsp3) is 0.318. The van der Waals surface area contributed by atoms with Crippen LogP contribution in [-0.2, 0) is 17.8 Å². The van der Waals surface area contributed by atoms with E-state index in [4.69, 9.17) is 0 Å². The van der Waals surface area contributed by atoms with Crippen molar-refractivity contribution in [2.75, 3.05) is 5.32 Å². The van der Waals surface area contributed by atoms with Gasteiger partial charge in [0.1, 0.15) is 5.82 Å². The molecule has 1 amide bonds. The Hall–Kier alpha value is -2.60. The number of benzene rings is 2. The highest BCUT2D eigenvalue weighted by molar-refractivity contribution is 8.00. The number of thioether (sulfide) groups is 1. The number of rotatable bonds is 7. The Bertz CT molecular complexity index is 932. The summed E-state index contributed by atoms with van der Waals surface area (Å²) in [6.45, 7) is 8.65. The monoisotopic (exact) mass is 394 g/mol. The van der Waals surface area contributed by atoms with Crippen molar-refractivity contribution in [3.05, 3.63) is 71.0 Å². The highest BCUT2D eigenvalue weighted by atomic mass is 32.2. The van der Waals surface area contributed by atoms with E-state index >= 15 is 0 Å². The molecule has 0 saturated heterocycles. The van der Waals surface area contributed by atoms with Gasteiger partial charge in [0.05, 0.1) is 5.25 Å². The Kier molecular flexibility index (Phi) is 6.52. The third kappa shape index (κ3) is 4.81. The molecule has 0 spiro atoms. The molecular weight excluding hydrogens is 368 g/mol. The van der Waals surface area contributed by atoms with Gasteiger partial charge in [-0.3, -0.25) is 4.79 Å². The number of hydrogen-bond donors (Lipinski definition) is 1. The summed E-state index contributed by atoms with van der Waals surface area (Å²) >= 11 is 1.44. The molecule has 0 aliphatic rings. The summed E-state index contributed by atoms with van der Waals surface area (Å²) < 4.78 is 2.08. The fourth-order valence-corrected chi connectivity index (χ4v) is 3.96. The first-order chi connectivity index (χ1) is 13.5. The van der Waals surface area contributed by atoms with Crippen LogP contribution in [0.1, 0.15) is 29.4 Å². The van der Waals surface area contributed by atoms with Crippen LogP contribution in [0.2, 0.25) is 0 Å². The van der Waals surface area contributed by atoms with E-state index in [9.17, 15) is 4.79 Å². The molecule has 1 aromatic heterocycles. The molecule has 1 atom stereocenters. The molecule has 0 fully saturated rings. The van der Waals surface area contributed by atoms with Crippen LogP contribution in [0.15, 0.2) is 53.7 Å². The summed E-state index contributed by atoms with van der Waals surface area (Å²) in [5, 5.41) is 12.1. The molecule has 3 rings (SSSR count). The molecule has 28 heavy (non-hydrogen) atoms. The second-order valence-corrected chi connectivity index (χ2v) is 8.24. The van der Waals surface area contributed by atoms with Gasteiger partial charge in [-0.25, -0.2) is 0 Å². The molecular formula is C22H26N4OS. The third-order valence-electron chi connectivity index (χ3n) is 4.75. The predicted molar refractivity (Wildman–Crippen MR) is 115 cm³/mol. The van der Waals surface area contributed by atoms with Gasteiger partial charge in [0.2, 0.25) is 5.91 Å². The number of aryl methyl sites for hydroxylation is 4. The highest BCUT2D eigenvalue weighted by Crippen LogP contribution is 2.25. The van der Waals surface area contributed by atoms with Crippen molar-refractivity contribution in [1.82, 2.24) is 14.8 Å². The molecule has 6 heteroatoms. The van der Waals surface area contributed by atoms with E-state index in [0.717, 1.165) is 40.8 Å². The van der Waals surface area contributed by atoms with E-state index in [1.165, 1.54) is 17.3 Å². The maximum Gasteiger partial charge on any atom is 0.237 e. The average molecular weight is 395 g/mol. The van der Waals surface area contributed by atoms with Crippen LogP contribution in [0.5, 0.6) is 0 Å². The Morgan fingerprint density at radius 1 is 1.04 bits per heavy atom. The van der Waals surface area contributed by atoms with Crippen molar-refractivity contribution < 1.29 is 4.79 Å². The number of amides is 1. The lowest BCUT2D eigenvalue weighted by Gasteiger charge is -2.15. The zero-order valence-electron chi connectivity index (χ0n) is 16.8. The van der Waals surface area contributed by atoms with Gasteiger partial charge in [0.25, 0.3) is 0 Å². The predicted octanol–water partition coefficient (Wildman–Crippen LogP) is 4.57. The first kappa shape index (κ1) is 20.1. The number of nitrogens with one attached hydrogen (secondary N) is 1. The SMILES string of the molecule is Cc1cccc(C)c1NC(=O)[C@H](C)Sc1nnc(C)n1CCc1ccccc1. The zero-order valence-corrected chi connectivity index (χ0v) is 17.6. The van der Waals surface area contributed by atoms with Crippen LogP contribution < -0.4 is 5.32 Å². The van der Waals surface area contributed by atoms with Crippen molar-refractivity contribution in [2.45, 2.75) is 51.1 Å². The number of aromatic nitrogens is 3. The largest absolute Gasteiger partial charge is 0.325 e. The van der Waals surface area contributed by atoms with Crippen molar-refractivity contribution in [3.8, 4) is 0 Å². The van der Waals surface area contributed by atoms with Crippen LogP contribution in [0.3, 0.4) is 0 Å². The molecule has 1 N–H and O–H groups in total. The van der Waals surface area contributed by atoms with Gasteiger partial charge in [0, 0.05) is 12.2 Å². The van der Waals surface area contributed by atoms with E-state index in [1.807, 2.05) is 64.1 Å². The van der Waals surface area contributed by atoms with Crippen LogP contribution in [0.4, 0.5) is 5.69 Å². The highest BCUT2D eigenvalue weighted by Gasteiger charge is 2.20.